The smallest absolute Gasteiger partial charge is 0.191 e. The van der Waals surface area contributed by atoms with E-state index in [4.69, 9.17) is 4.74 Å². The number of nitrogens with one attached hydrogen (secondary N) is 2. The first-order valence-electron chi connectivity index (χ1n) is 8.15. The number of nitrogens with zero attached hydrogens (tertiary/aromatic N) is 1. The molecule has 2 fully saturated rings. The van der Waals surface area contributed by atoms with Crippen LogP contribution >= 0.6 is 0 Å². The Hall–Kier alpha value is -1.03. The fraction of sp³-hybridized carbons (Fsp3) is 0.812. The van der Waals surface area contributed by atoms with Crippen molar-refractivity contribution in [3.05, 3.63) is 11.6 Å². The third-order valence-electron chi connectivity index (χ3n) is 4.78. The van der Waals surface area contributed by atoms with Crippen LogP contribution < -0.4 is 10.6 Å². The first-order valence-corrected chi connectivity index (χ1v) is 8.15. The predicted molar refractivity (Wildman–Crippen MR) is 82.0 cm³/mol. The van der Waals surface area contributed by atoms with E-state index in [9.17, 15) is 0 Å². The predicted octanol–water partition coefficient (Wildman–Crippen LogP) is 2.36. The molecule has 0 aromatic carbocycles. The van der Waals surface area contributed by atoms with Gasteiger partial charge in [0.2, 0.25) is 0 Å². The Morgan fingerprint density at radius 3 is 3.00 bits per heavy atom. The van der Waals surface area contributed by atoms with Crippen molar-refractivity contribution in [3.8, 4) is 0 Å². The highest BCUT2D eigenvalue weighted by atomic mass is 16.5. The lowest BCUT2D eigenvalue weighted by atomic mass is 9.96. The minimum atomic E-state index is 0.402. The van der Waals surface area contributed by atoms with E-state index in [0.717, 1.165) is 25.3 Å². The molecule has 3 rings (SSSR count). The fourth-order valence-corrected chi connectivity index (χ4v) is 3.63. The van der Waals surface area contributed by atoms with Gasteiger partial charge in [0.1, 0.15) is 0 Å². The van der Waals surface area contributed by atoms with Gasteiger partial charge in [0, 0.05) is 13.6 Å². The molecule has 2 saturated heterocycles. The second-order valence-corrected chi connectivity index (χ2v) is 6.22. The van der Waals surface area contributed by atoms with E-state index < -0.39 is 0 Å². The molecule has 1 aliphatic carbocycles. The van der Waals surface area contributed by atoms with Crippen LogP contribution in [0.3, 0.4) is 0 Å². The molecule has 3 atom stereocenters. The minimum absolute atomic E-state index is 0.402. The molecule has 0 amide bonds. The molecule has 0 saturated carbocycles. The van der Waals surface area contributed by atoms with Crippen molar-refractivity contribution >= 4 is 5.96 Å². The van der Waals surface area contributed by atoms with E-state index in [1.807, 2.05) is 7.05 Å². The van der Waals surface area contributed by atoms with Gasteiger partial charge in [-0.3, -0.25) is 4.99 Å². The summed E-state index contributed by atoms with van der Waals surface area (Å²) in [5, 5.41) is 6.97. The number of allylic oxidation sites excluding steroid dienone is 1. The van der Waals surface area contributed by atoms with Crippen LogP contribution in [-0.4, -0.2) is 37.8 Å². The van der Waals surface area contributed by atoms with Gasteiger partial charge in [-0.1, -0.05) is 11.6 Å². The molecule has 0 aromatic heterocycles. The Balaban J connectivity index is 1.40. The summed E-state index contributed by atoms with van der Waals surface area (Å²) < 4.78 is 5.88. The van der Waals surface area contributed by atoms with Crippen LogP contribution in [-0.2, 0) is 4.74 Å². The molecule has 4 heteroatoms. The van der Waals surface area contributed by atoms with E-state index in [1.54, 1.807) is 5.57 Å². The monoisotopic (exact) mass is 277 g/mol. The Morgan fingerprint density at radius 2 is 2.35 bits per heavy atom. The lowest BCUT2D eigenvalue weighted by molar-refractivity contribution is 0.0992. The molecule has 2 aliphatic heterocycles. The lowest BCUT2D eigenvalue weighted by Crippen LogP contribution is -2.47. The van der Waals surface area contributed by atoms with E-state index in [1.165, 1.54) is 38.5 Å². The van der Waals surface area contributed by atoms with Crippen molar-refractivity contribution in [2.75, 3.05) is 13.6 Å². The SMILES string of the molecule is CN=C(NCCC1=CCCCC1)NC1CC2CCC1O2. The van der Waals surface area contributed by atoms with Gasteiger partial charge in [-0.05, 0) is 51.4 Å². The van der Waals surface area contributed by atoms with Crippen LogP contribution in [0.4, 0.5) is 0 Å². The minimum Gasteiger partial charge on any atom is -0.373 e. The van der Waals surface area contributed by atoms with Gasteiger partial charge in [0.15, 0.2) is 5.96 Å². The number of hydrogen-bond acceptors (Lipinski definition) is 2. The summed E-state index contributed by atoms with van der Waals surface area (Å²) in [5.41, 5.74) is 1.61. The largest absolute Gasteiger partial charge is 0.373 e. The average molecular weight is 277 g/mol. The summed E-state index contributed by atoms with van der Waals surface area (Å²) >= 11 is 0. The summed E-state index contributed by atoms with van der Waals surface area (Å²) in [4.78, 5) is 4.34. The molecule has 0 radical (unpaired) electrons. The zero-order valence-electron chi connectivity index (χ0n) is 12.5. The van der Waals surface area contributed by atoms with E-state index >= 15 is 0 Å². The number of guanidine groups is 1. The maximum absolute atomic E-state index is 5.88. The fourth-order valence-electron chi connectivity index (χ4n) is 3.63. The van der Waals surface area contributed by atoms with Crippen LogP contribution in [0.5, 0.6) is 0 Å². The van der Waals surface area contributed by atoms with Crippen LogP contribution in [0, 0.1) is 0 Å². The van der Waals surface area contributed by atoms with Gasteiger partial charge in [-0.15, -0.1) is 0 Å². The molecule has 4 nitrogen and oxygen atoms in total. The molecule has 3 unspecified atom stereocenters. The second kappa shape index (κ2) is 6.61. The molecule has 20 heavy (non-hydrogen) atoms. The Labute approximate surface area is 122 Å². The molecule has 3 aliphatic rings. The van der Waals surface area contributed by atoms with Crippen molar-refractivity contribution in [3.63, 3.8) is 0 Å². The Bertz CT molecular complexity index is 391. The Morgan fingerprint density at radius 1 is 1.40 bits per heavy atom. The van der Waals surface area contributed by atoms with Crippen LogP contribution in [0.1, 0.15) is 51.4 Å². The van der Waals surface area contributed by atoms with Gasteiger partial charge < -0.3 is 15.4 Å². The second-order valence-electron chi connectivity index (χ2n) is 6.22. The van der Waals surface area contributed by atoms with Crippen molar-refractivity contribution in [1.82, 2.24) is 10.6 Å². The van der Waals surface area contributed by atoms with Gasteiger partial charge >= 0.3 is 0 Å². The van der Waals surface area contributed by atoms with E-state index in [-0.39, 0.29) is 0 Å². The van der Waals surface area contributed by atoms with Crippen molar-refractivity contribution < 1.29 is 4.74 Å². The highest BCUT2D eigenvalue weighted by Crippen LogP contribution is 2.34. The highest BCUT2D eigenvalue weighted by Gasteiger charge is 2.41. The summed E-state index contributed by atoms with van der Waals surface area (Å²) in [6.45, 7) is 0.979. The van der Waals surface area contributed by atoms with Crippen molar-refractivity contribution in [2.45, 2.75) is 69.6 Å². The first kappa shape index (κ1) is 13.9. The summed E-state index contributed by atoms with van der Waals surface area (Å²) in [6.07, 6.45) is 13.3. The zero-order chi connectivity index (χ0) is 13.8. The lowest BCUT2D eigenvalue weighted by Gasteiger charge is -2.23. The quantitative estimate of drug-likeness (QED) is 0.471. The number of fused-ring (bicyclic) bond motifs is 2. The zero-order valence-corrected chi connectivity index (χ0v) is 12.5. The number of ether oxygens (including phenoxy) is 1. The molecule has 2 bridgehead atoms. The molecule has 2 heterocycles. The van der Waals surface area contributed by atoms with Gasteiger partial charge in [0.05, 0.1) is 18.2 Å². The molecule has 0 aromatic rings. The van der Waals surface area contributed by atoms with Crippen LogP contribution in [0.2, 0.25) is 0 Å². The summed E-state index contributed by atoms with van der Waals surface area (Å²) in [6, 6.07) is 0.453. The molecular formula is C16H27N3O. The Kier molecular flexibility index (Phi) is 4.61. The summed E-state index contributed by atoms with van der Waals surface area (Å²) in [5.74, 6) is 0.933. The average Bonchev–Trinajstić information content (AvgIpc) is 3.10. The van der Waals surface area contributed by atoms with Crippen molar-refractivity contribution in [2.24, 2.45) is 4.99 Å². The molecular weight excluding hydrogens is 250 g/mol. The highest BCUT2D eigenvalue weighted by molar-refractivity contribution is 5.80. The van der Waals surface area contributed by atoms with E-state index in [0.29, 0.717) is 18.2 Å². The van der Waals surface area contributed by atoms with Crippen LogP contribution in [0.25, 0.3) is 0 Å². The number of rotatable bonds is 4. The maximum Gasteiger partial charge on any atom is 0.191 e. The third-order valence-corrected chi connectivity index (χ3v) is 4.78. The molecule has 0 spiro atoms. The van der Waals surface area contributed by atoms with E-state index in [2.05, 4.69) is 21.7 Å². The number of aliphatic imine (C=N–C) groups is 1. The third kappa shape index (κ3) is 3.35. The molecule has 112 valence electrons. The maximum atomic E-state index is 5.88. The van der Waals surface area contributed by atoms with Gasteiger partial charge in [0.25, 0.3) is 0 Å². The number of hydrogen-bond donors (Lipinski definition) is 2. The van der Waals surface area contributed by atoms with Gasteiger partial charge in [-0.25, -0.2) is 0 Å². The van der Waals surface area contributed by atoms with Crippen LogP contribution in [0.15, 0.2) is 16.6 Å². The van der Waals surface area contributed by atoms with Crippen molar-refractivity contribution in [1.29, 1.82) is 0 Å². The topological polar surface area (TPSA) is 45.7 Å². The first-order chi connectivity index (χ1) is 9.85. The molecule has 2 N–H and O–H groups in total. The summed E-state index contributed by atoms with van der Waals surface area (Å²) in [7, 11) is 1.85. The van der Waals surface area contributed by atoms with Gasteiger partial charge in [-0.2, -0.15) is 0 Å². The standard InChI is InChI=1S/C16H27N3O/c1-17-16(18-10-9-12-5-3-2-4-6-12)19-14-11-13-7-8-15(14)20-13/h5,13-15H,2-4,6-11H2,1H3,(H2,17,18,19). The normalized spacial score (nSPS) is 33.1.